The maximum atomic E-state index is 4.31. The monoisotopic (exact) mass is 281 g/mol. The summed E-state index contributed by atoms with van der Waals surface area (Å²) in [6.45, 7) is 2.65. The second-order valence-corrected chi connectivity index (χ2v) is 4.28. The molecule has 16 heavy (non-hydrogen) atoms. The predicted molar refractivity (Wildman–Crippen MR) is 65.0 cm³/mol. The van der Waals surface area contributed by atoms with Gasteiger partial charge in [-0.1, -0.05) is 5.21 Å². The first-order valence-corrected chi connectivity index (χ1v) is 5.66. The van der Waals surface area contributed by atoms with Gasteiger partial charge < -0.3 is 5.32 Å². The smallest absolute Gasteiger partial charge is 0.106 e. The zero-order valence-corrected chi connectivity index (χ0v) is 10.7. The van der Waals surface area contributed by atoms with E-state index in [-0.39, 0.29) is 0 Å². The molecule has 0 amide bonds. The van der Waals surface area contributed by atoms with Gasteiger partial charge in [-0.3, -0.25) is 4.68 Å². The molecular formula is C10H12BrN5. The molecule has 0 bridgehead atoms. The third kappa shape index (κ3) is 2.38. The van der Waals surface area contributed by atoms with Crippen molar-refractivity contribution in [2.75, 3.05) is 5.32 Å². The first kappa shape index (κ1) is 11.1. The molecular weight excluding hydrogens is 270 g/mol. The Bertz CT molecular complexity index is 494. The summed E-state index contributed by atoms with van der Waals surface area (Å²) < 4.78 is 2.59. The van der Waals surface area contributed by atoms with E-state index in [2.05, 4.69) is 36.5 Å². The van der Waals surface area contributed by atoms with Crippen LogP contribution < -0.4 is 5.32 Å². The highest BCUT2D eigenvalue weighted by Crippen LogP contribution is 2.16. The van der Waals surface area contributed by atoms with Crippen LogP contribution in [0.25, 0.3) is 0 Å². The molecule has 0 saturated heterocycles. The first-order valence-electron chi connectivity index (χ1n) is 4.87. The van der Waals surface area contributed by atoms with Crippen LogP contribution in [0.5, 0.6) is 0 Å². The summed E-state index contributed by atoms with van der Waals surface area (Å²) in [7, 11) is 1.87. The van der Waals surface area contributed by atoms with Crippen LogP contribution in [0.1, 0.15) is 11.4 Å². The Labute approximate surface area is 102 Å². The van der Waals surface area contributed by atoms with Gasteiger partial charge in [-0.25, -0.2) is 4.98 Å². The molecule has 0 aliphatic carbocycles. The lowest BCUT2D eigenvalue weighted by molar-refractivity contribution is 0.683. The molecule has 0 unspecified atom stereocenters. The summed E-state index contributed by atoms with van der Waals surface area (Å²) in [5.41, 5.74) is 3.01. The Morgan fingerprint density at radius 3 is 2.88 bits per heavy atom. The van der Waals surface area contributed by atoms with Gasteiger partial charge in [0.1, 0.15) is 4.60 Å². The van der Waals surface area contributed by atoms with Crippen LogP contribution in [0.2, 0.25) is 0 Å². The molecule has 0 fully saturated rings. The van der Waals surface area contributed by atoms with Gasteiger partial charge in [0, 0.05) is 7.05 Å². The second kappa shape index (κ2) is 4.61. The normalized spacial score (nSPS) is 10.4. The van der Waals surface area contributed by atoms with Crippen molar-refractivity contribution < 1.29 is 0 Å². The molecule has 0 aromatic carbocycles. The number of nitrogens with one attached hydrogen (secondary N) is 1. The molecule has 2 rings (SSSR count). The largest absolute Gasteiger partial charge is 0.378 e. The summed E-state index contributed by atoms with van der Waals surface area (Å²) >= 11 is 3.33. The number of nitrogens with zero attached hydrogens (tertiary/aromatic N) is 4. The van der Waals surface area contributed by atoms with Gasteiger partial charge in [0.15, 0.2) is 0 Å². The third-order valence-corrected chi connectivity index (χ3v) is 2.76. The van der Waals surface area contributed by atoms with Gasteiger partial charge in [-0.2, -0.15) is 0 Å². The van der Waals surface area contributed by atoms with E-state index in [9.17, 15) is 0 Å². The van der Waals surface area contributed by atoms with Gasteiger partial charge >= 0.3 is 0 Å². The van der Waals surface area contributed by atoms with E-state index in [4.69, 9.17) is 0 Å². The number of pyridine rings is 1. The van der Waals surface area contributed by atoms with E-state index < -0.39 is 0 Å². The van der Waals surface area contributed by atoms with Gasteiger partial charge in [0.2, 0.25) is 0 Å². The minimum atomic E-state index is 0.688. The number of aryl methyl sites for hydroxylation is 2. The Kier molecular flexibility index (Phi) is 3.19. The van der Waals surface area contributed by atoms with Crippen LogP contribution in [0, 0.1) is 6.92 Å². The van der Waals surface area contributed by atoms with Gasteiger partial charge in [-0.15, -0.1) is 5.10 Å². The molecule has 5 nitrogen and oxygen atoms in total. The van der Waals surface area contributed by atoms with Crippen molar-refractivity contribution in [3.63, 3.8) is 0 Å². The lowest BCUT2D eigenvalue weighted by atomic mass is 10.3. The zero-order valence-electron chi connectivity index (χ0n) is 9.11. The fourth-order valence-corrected chi connectivity index (χ4v) is 1.77. The number of hydrogen-bond acceptors (Lipinski definition) is 4. The van der Waals surface area contributed by atoms with E-state index in [1.165, 1.54) is 0 Å². The topological polar surface area (TPSA) is 55.6 Å². The van der Waals surface area contributed by atoms with Crippen LogP contribution in [0.3, 0.4) is 0 Å². The summed E-state index contributed by atoms with van der Waals surface area (Å²) in [6, 6.07) is 3.91. The molecule has 0 spiro atoms. The summed E-state index contributed by atoms with van der Waals surface area (Å²) in [5, 5.41) is 11.0. The maximum absolute atomic E-state index is 4.31. The Morgan fingerprint density at radius 2 is 2.25 bits per heavy atom. The van der Waals surface area contributed by atoms with Crippen LogP contribution in [0.4, 0.5) is 5.69 Å². The molecule has 0 aliphatic rings. The maximum Gasteiger partial charge on any atom is 0.106 e. The van der Waals surface area contributed by atoms with E-state index in [1.54, 1.807) is 10.9 Å². The van der Waals surface area contributed by atoms with Crippen molar-refractivity contribution in [3.8, 4) is 0 Å². The fourth-order valence-electron chi connectivity index (χ4n) is 1.37. The molecule has 0 atom stereocenters. The quantitative estimate of drug-likeness (QED) is 0.873. The molecule has 0 radical (unpaired) electrons. The van der Waals surface area contributed by atoms with Crippen molar-refractivity contribution in [1.82, 2.24) is 20.0 Å². The van der Waals surface area contributed by atoms with E-state index in [0.29, 0.717) is 6.54 Å². The van der Waals surface area contributed by atoms with Crippen molar-refractivity contribution in [3.05, 3.63) is 34.3 Å². The Hall–Kier alpha value is -1.43. The molecule has 0 saturated carbocycles. The second-order valence-electron chi connectivity index (χ2n) is 3.47. The van der Waals surface area contributed by atoms with Crippen molar-refractivity contribution in [2.24, 2.45) is 7.05 Å². The SMILES string of the molecule is Cc1nc(Br)ccc1NCc1cnnn1C. The minimum absolute atomic E-state index is 0.688. The van der Waals surface area contributed by atoms with Gasteiger partial charge in [0.25, 0.3) is 0 Å². The number of aromatic nitrogens is 4. The summed E-state index contributed by atoms with van der Waals surface area (Å²) in [4.78, 5) is 4.31. The highest BCUT2D eigenvalue weighted by atomic mass is 79.9. The Balaban J connectivity index is 2.08. The number of halogens is 1. The molecule has 2 aromatic heterocycles. The van der Waals surface area contributed by atoms with Gasteiger partial charge in [-0.05, 0) is 35.0 Å². The highest BCUT2D eigenvalue weighted by molar-refractivity contribution is 9.10. The molecule has 84 valence electrons. The molecule has 0 aliphatic heterocycles. The standard InChI is InChI=1S/C10H12BrN5/c1-7-9(3-4-10(11)14-7)12-5-8-6-13-15-16(8)2/h3-4,6,12H,5H2,1-2H3. The van der Waals surface area contributed by atoms with Crippen molar-refractivity contribution in [1.29, 1.82) is 0 Å². The predicted octanol–water partition coefficient (Wildman–Crippen LogP) is 1.89. The fraction of sp³-hybridized carbons (Fsp3) is 0.300. The van der Waals surface area contributed by atoms with Crippen molar-refractivity contribution >= 4 is 21.6 Å². The molecule has 2 aromatic rings. The third-order valence-electron chi connectivity index (χ3n) is 2.32. The average Bonchev–Trinajstić information content (AvgIpc) is 2.63. The van der Waals surface area contributed by atoms with Crippen LogP contribution >= 0.6 is 15.9 Å². The molecule has 1 N–H and O–H groups in total. The van der Waals surface area contributed by atoms with E-state index in [0.717, 1.165) is 21.7 Å². The lowest BCUT2D eigenvalue weighted by Gasteiger charge is -2.08. The number of rotatable bonds is 3. The van der Waals surface area contributed by atoms with Crippen LogP contribution in [-0.2, 0) is 13.6 Å². The van der Waals surface area contributed by atoms with E-state index in [1.807, 2.05) is 26.1 Å². The molecule has 6 heteroatoms. The summed E-state index contributed by atoms with van der Waals surface area (Å²) in [6.07, 6.45) is 1.74. The Morgan fingerprint density at radius 1 is 1.44 bits per heavy atom. The van der Waals surface area contributed by atoms with Crippen LogP contribution in [-0.4, -0.2) is 20.0 Å². The highest BCUT2D eigenvalue weighted by Gasteiger charge is 2.02. The number of hydrogen-bond donors (Lipinski definition) is 1. The first-order chi connectivity index (χ1) is 7.66. The van der Waals surface area contributed by atoms with Crippen molar-refractivity contribution in [2.45, 2.75) is 13.5 Å². The minimum Gasteiger partial charge on any atom is -0.378 e. The van der Waals surface area contributed by atoms with E-state index >= 15 is 0 Å². The average molecular weight is 282 g/mol. The van der Waals surface area contributed by atoms with Crippen LogP contribution in [0.15, 0.2) is 22.9 Å². The number of anilines is 1. The van der Waals surface area contributed by atoms with Gasteiger partial charge in [0.05, 0.1) is 29.8 Å². The lowest BCUT2D eigenvalue weighted by Crippen LogP contribution is -2.06. The zero-order chi connectivity index (χ0) is 11.5. The summed E-state index contributed by atoms with van der Waals surface area (Å²) in [5.74, 6) is 0. The molecule has 2 heterocycles.